The number of aliphatic hydroxyl groups excluding tert-OH is 2. The number of hydrogen-bond donors (Lipinski definition) is 2. The van der Waals surface area contributed by atoms with Gasteiger partial charge in [0.25, 0.3) is 0 Å². The van der Waals surface area contributed by atoms with Gasteiger partial charge in [0, 0.05) is 0 Å². The van der Waals surface area contributed by atoms with Crippen molar-refractivity contribution in [3.05, 3.63) is 0 Å². The zero-order valence-electron chi connectivity index (χ0n) is 4.31. The van der Waals surface area contributed by atoms with E-state index < -0.39 is 0 Å². The molecule has 0 unspecified atom stereocenters. The average molecular weight is 196 g/mol. The third-order valence-electron chi connectivity index (χ3n) is 0.1000. The molecule has 0 rings (SSSR count). The molecule has 0 aliphatic heterocycles. The summed E-state index contributed by atoms with van der Waals surface area (Å²) in [6, 6.07) is 0. The molecular weight excluding hydrogens is 189 g/mol. The van der Waals surface area contributed by atoms with Crippen LogP contribution in [0.4, 0.5) is 0 Å². The molecule has 0 aliphatic carbocycles. The van der Waals surface area contributed by atoms with E-state index in [-0.39, 0.29) is 83.5 Å². The van der Waals surface area contributed by atoms with Crippen LogP contribution < -0.4 is 68.9 Å². The molecule has 0 saturated heterocycles. The maximum Gasteiger partial charge on any atom is 1.00 e. The zero-order chi connectivity index (χ0) is 3.41. The van der Waals surface area contributed by atoms with Crippen LogP contribution in [0.15, 0.2) is 0 Å². The predicted molar refractivity (Wildman–Crippen MR) is 15.3 cm³/mol. The smallest absolute Gasteiger partial charge is 1.00 e. The molecule has 28 valence electrons. The number of rotatable bonds is 1. The molecule has 3 heteroatoms. The summed E-state index contributed by atoms with van der Waals surface area (Å²) >= 11 is 0. The minimum atomic E-state index is -0.125. The van der Waals surface area contributed by atoms with Crippen LogP contribution in [0.25, 0.3) is 0 Å². The molecular formula is C2H7CsO2. The molecule has 0 atom stereocenters. The van der Waals surface area contributed by atoms with Crippen molar-refractivity contribution in [3.63, 3.8) is 0 Å². The Morgan fingerprint density at radius 2 is 1.40 bits per heavy atom. The van der Waals surface area contributed by atoms with Crippen LogP contribution in [0.3, 0.4) is 0 Å². The third-order valence-corrected chi connectivity index (χ3v) is 0.1000. The molecule has 0 spiro atoms. The Bertz CT molecular complexity index is 13.5. The molecule has 0 aromatic carbocycles. The summed E-state index contributed by atoms with van der Waals surface area (Å²) in [5.74, 6) is 0. The van der Waals surface area contributed by atoms with Crippen molar-refractivity contribution in [2.45, 2.75) is 0 Å². The van der Waals surface area contributed by atoms with Gasteiger partial charge in [-0.2, -0.15) is 0 Å². The van der Waals surface area contributed by atoms with Crippen LogP contribution in [0.1, 0.15) is 1.43 Å². The zero-order valence-corrected chi connectivity index (χ0v) is 9.59. The van der Waals surface area contributed by atoms with Crippen molar-refractivity contribution in [2.75, 3.05) is 13.2 Å². The molecule has 0 fully saturated rings. The van der Waals surface area contributed by atoms with Gasteiger partial charge in [0.2, 0.25) is 0 Å². The summed E-state index contributed by atoms with van der Waals surface area (Å²) in [5, 5.41) is 15.2. The second-order valence-electron chi connectivity index (χ2n) is 0.447. The number of hydrogen-bond acceptors (Lipinski definition) is 2. The summed E-state index contributed by atoms with van der Waals surface area (Å²) in [5.41, 5.74) is 0. The topological polar surface area (TPSA) is 40.5 Å². The minimum Gasteiger partial charge on any atom is -1.00 e. The van der Waals surface area contributed by atoms with Gasteiger partial charge in [0.15, 0.2) is 0 Å². The maximum absolute atomic E-state index is 7.62. The van der Waals surface area contributed by atoms with Crippen molar-refractivity contribution in [3.8, 4) is 0 Å². The Morgan fingerprint density at radius 3 is 1.40 bits per heavy atom. The van der Waals surface area contributed by atoms with Gasteiger partial charge in [-0.1, -0.05) is 0 Å². The van der Waals surface area contributed by atoms with Gasteiger partial charge in [-0.3, -0.25) is 0 Å². The van der Waals surface area contributed by atoms with Gasteiger partial charge >= 0.3 is 68.9 Å². The van der Waals surface area contributed by atoms with Gasteiger partial charge in [0.1, 0.15) is 0 Å². The Kier molecular flexibility index (Phi) is 18.8. The monoisotopic (exact) mass is 196 g/mol. The van der Waals surface area contributed by atoms with E-state index in [1.54, 1.807) is 0 Å². The van der Waals surface area contributed by atoms with Gasteiger partial charge in [-0.05, 0) is 0 Å². The fourth-order valence-corrected chi connectivity index (χ4v) is 0. The molecule has 0 aromatic rings. The molecule has 5 heavy (non-hydrogen) atoms. The van der Waals surface area contributed by atoms with Crippen LogP contribution in [0, 0.1) is 0 Å². The fraction of sp³-hybridized carbons (Fsp3) is 1.00. The largest absolute Gasteiger partial charge is 1.00 e. The minimum absolute atomic E-state index is 0. The van der Waals surface area contributed by atoms with E-state index in [1.807, 2.05) is 0 Å². The quantitative estimate of drug-likeness (QED) is 0.450. The first-order valence-electron chi connectivity index (χ1n) is 1.13. The van der Waals surface area contributed by atoms with Crippen molar-refractivity contribution in [2.24, 2.45) is 0 Å². The van der Waals surface area contributed by atoms with Crippen LogP contribution in [0.2, 0.25) is 0 Å². The first kappa shape index (κ1) is 10.1. The first-order valence-corrected chi connectivity index (χ1v) is 1.13. The van der Waals surface area contributed by atoms with Gasteiger partial charge in [-0.15, -0.1) is 0 Å². The van der Waals surface area contributed by atoms with E-state index in [0.717, 1.165) is 0 Å². The second-order valence-corrected chi connectivity index (χ2v) is 0.447. The molecule has 0 bridgehead atoms. The average Bonchev–Trinajstić information content (AvgIpc) is 1.37. The van der Waals surface area contributed by atoms with Gasteiger partial charge in [0.05, 0.1) is 13.2 Å². The van der Waals surface area contributed by atoms with Crippen LogP contribution in [-0.4, -0.2) is 23.4 Å². The van der Waals surface area contributed by atoms with E-state index in [9.17, 15) is 0 Å². The predicted octanol–water partition coefficient (Wildman–Crippen LogP) is -3.91. The van der Waals surface area contributed by atoms with Crippen molar-refractivity contribution in [1.29, 1.82) is 0 Å². The Hall–Kier alpha value is 1.97. The summed E-state index contributed by atoms with van der Waals surface area (Å²) in [6.07, 6.45) is 0. The summed E-state index contributed by atoms with van der Waals surface area (Å²) < 4.78 is 0. The van der Waals surface area contributed by atoms with Crippen LogP contribution >= 0.6 is 0 Å². The van der Waals surface area contributed by atoms with E-state index in [0.29, 0.717) is 0 Å². The van der Waals surface area contributed by atoms with E-state index in [2.05, 4.69) is 0 Å². The normalized spacial score (nSPS) is 6.00. The molecule has 2 N–H and O–H groups in total. The van der Waals surface area contributed by atoms with E-state index in [4.69, 9.17) is 10.2 Å². The number of aliphatic hydroxyl groups is 2. The Balaban J connectivity index is -0.0000000450. The molecule has 0 aromatic heterocycles. The summed E-state index contributed by atoms with van der Waals surface area (Å²) in [4.78, 5) is 0. The second kappa shape index (κ2) is 9.36. The van der Waals surface area contributed by atoms with Crippen LogP contribution in [0.5, 0.6) is 0 Å². The Morgan fingerprint density at radius 1 is 1.20 bits per heavy atom. The van der Waals surface area contributed by atoms with Crippen molar-refractivity contribution < 1.29 is 80.5 Å². The van der Waals surface area contributed by atoms with Crippen molar-refractivity contribution in [1.82, 2.24) is 0 Å². The first-order chi connectivity index (χ1) is 1.91. The van der Waals surface area contributed by atoms with Crippen molar-refractivity contribution >= 4 is 0 Å². The van der Waals surface area contributed by atoms with E-state index >= 15 is 0 Å². The summed E-state index contributed by atoms with van der Waals surface area (Å²) in [7, 11) is 0. The maximum atomic E-state index is 7.62. The fourth-order valence-electron chi connectivity index (χ4n) is 0. The van der Waals surface area contributed by atoms with Gasteiger partial charge in [-0.25, -0.2) is 0 Å². The van der Waals surface area contributed by atoms with E-state index in [1.165, 1.54) is 0 Å². The Labute approximate surface area is 91.5 Å². The molecule has 2 nitrogen and oxygen atoms in total. The SMILES string of the molecule is OCCO.[Cs+].[H-]. The molecule has 0 heterocycles. The third kappa shape index (κ3) is 10.7. The van der Waals surface area contributed by atoms with Gasteiger partial charge < -0.3 is 11.6 Å². The molecule has 0 amide bonds. The molecule has 0 radical (unpaired) electrons. The molecule has 0 aliphatic rings. The van der Waals surface area contributed by atoms with Crippen LogP contribution in [-0.2, 0) is 0 Å². The standard InChI is InChI=1S/C2H6O2.Cs.H/c3-1-2-4;;/h3-4H,1-2H2;;/q;+1;-1. The molecule has 0 saturated carbocycles. The summed E-state index contributed by atoms with van der Waals surface area (Å²) in [6.45, 7) is -0.250.